The summed E-state index contributed by atoms with van der Waals surface area (Å²) in [5, 5.41) is 2.67. The third-order valence-electron chi connectivity index (χ3n) is 22.1. The SMILES string of the molecule is CC1CCC(C)CC1.Cc1cc(C)c(C)c(C)c1.Cc1cc(C)c(C)c(C)c1.Cc1cc2c(c(C)c1C)CC[C@H](C)C2.Cc1ccc(C)c(C)c1.Cc1ccc(C)c(C)c1.Cc1ccc(C)c(C)c1C.Cc1ccc(C)cc1.Cc1ccc2c(c1)CC[C@H](C)C2.Cc1ccc2cc(C)ccc2c1. The van der Waals surface area contributed by atoms with Gasteiger partial charge in [-0.3, -0.25) is 0 Å². The van der Waals surface area contributed by atoms with Gasteiger partial charge in [0.05, 0.1) is 0 Å². The van der Waals surface area contributed by atoms with Gasteiger partial charge in [0.2, 0.25) is 0 Å². The second-order valence-corrected chi connectivity index (χ2v) is 32.1. The zero-order valence-electron chi connectivity index (χ0n) is 70.4. The predicted molar refractivity (Wildman–Crippen MR) is 458 cm³/mol. The van der Waals surface area contributed by atoms with Gasteiger partial charge in [-0.05, 0) is 370 Å². The average Bonchev–Trinajstić information content (AvgIpc) is 0.808. The van der Waals surface area contributed by atoms with Crippen LogP contribution in [0, 0.1) is 204 Å². The van der Waals surface area contributed by atoms with Crippen LogP contribution < -0.4 is 0 Å². The molecule has 0 aliphatic heterocycles. The van der Waals surface area contributed by atoms with Gasteiger partial charge in [0.15, 0.2) is 0 Å². The van der Waals surface area contributed by atoms with Crippen LogP contribution in [0.3, 0.4) is 0 Å². The molecule has 0 heterocycles. The van der Waals surface area contributed by atoms with E-state index in [4.69, 9.17) is 0 Å². The van der Waals surface area contributed by atoms with Crippen molar-refractivity contribution in [2.45, 2.75) is 272 Å². The van der Waals surface area contributed by atoms with Crippen LogP contribution in [0.15, 0.2) is 158 Å². The van der Waals surface area contributed by atoms with Crippen LogP contribution in [-0.2, 0) is 25.7 Å². The van der Waals surface area contributed by atoms with Gasteiger partial charge in [-0.2, -0.15) is 0 Å². The fourth-order valence-electron chi connectivity index (χ4n) is 13.6. The molecule has 10 aromatic carbocycles. The average molecular weight is 1370 g/mol. The third-order valence-corrected chi connectivity index (χ3v) is 22.1. The molecule has 0 N–H and O–H groups in total. The fraction of sp³-hybridized carbons (Fsp3) is 0.431. The first-order valence-electron chi connectivity index (χ1n) is 38.8. The summed E-state index contributed by atoms with van der Waals surface area (Å²) in [4.78, 5) is 0. The standard InChI is InChI=1S/C14H20.C12H16.C12H12.3C10H14.2C9H12.C8H16.C8H10/c1-9-5-6-14-12(4)11(3)10(2)8-13(14)7-9;2*1-9-3-5-12-8-10(2)4-6-11(12)7-9;2*1-7-5-8(2)10(4)9(3)6-7;1-7-5-6-8(2)10(4)9(7)3;2*1-7-4-5-8(2)9(3)6-7;2*1-7-3-5-8(2)6-4-7/h8-9H,5-7H2,1-4H3;3,5,7,10H,4,6,8H2,1-2H3;3-8H,1-2H3;3*5-6H,1-4H3;2*4-6H,1-3H3;7-8H,3-6H2,1-2H3;3-6H,1-2H3/t9-;10-;;;;;;;;/m00......../s1. The van der Waals surface area contributed by atoms with Crippen molar-refractivity contribution in [3.63, 3.8) is 0 Å². The molecule has 0 amide bonds. The van der Waals surface area contributed by atoms with Crippen molar-refractivity contribution >= 4 is 10.8 Å². The van der Waals surface area contributed by atoms with Gasteiger partial charge >= 0.3 is 0 Å². The molecule has 0 radical (unpaired) electrons. The Morgan fingerprint density at radius 1 is 0.186 bits per heavy atom. The van der Waals surface area contributed by atoms with Crippen LogP contribution in [0.25, 0.3) is 10.8 Å². The summed E-state index contributed by atoms with van der Waals surface area (Å²) >= 11 is 0. The molecular weight excluding hydrogens is 1230 g/mol. The molecule has 0 aromatic heterocycles. The normalized spacial score (nSPS) is 15.2. The molecule has 3 aliphatic carbocycles. The maximum absolute atomic E-state index is 2.41. The second kappa shape index (κ2) is 42.9. The fourth-order valence-corrected chi connectivity index (χ4v) is 13.6. The Labute approximate surface area is 627 Å². The van der Waals surface area contributed by atoms with Crippen LogP contribution in [0.1, 0.15) is 233 Å². The summed E-state index contributed by atoms with van der Waals surface area (Å²) in [6.45, 7) is 65.6. The summed E-state index contributed by atoms with van der Waals surface area (Å²) in [5.41, 5.74) is 42.7. The maximum atomic E-state index is 2.41. The number of benzene rings is 10. The van der Waals surface area contributed by atoms with Crippen molar-refractivity contribution in [1.82, 2.24) is 0 Å². The van der Waals surface area contributed by atoms with Gasteiger partial charge in [-0.25, -0.2) is 0 Å². The molecule has 0 saturated heterocycles. The molecule has 10 aromatic rings. The van der Waals surface area contributed by atoms with Gasteiger partial charge in [-0.1, -0.05) is 261 Å². The molecule has 3 aliphatic rings. The molecule has 0 nitrogen and oxygen atoms in total. The van der Waals surface area contributed by atoms with Crippen LogP contribution in [0.2, 0.25) is 0 Å². The zero-order valence-corrected chi connectivity index (χ0v) is 70.4. The van der Waals surface area contributed by atoms with Crippen molar-refractivity contribution in [2.24, 2.45) is 23.7 Å². The first kappa shape index (κ1) is 86.9. The lowest BCUT2D eigenvalue weighted by atomic mass is 9.80. The Bertz CT molecular complexity index is 3970. The summed E-state index contributed by atoms with van der Waals surface area (Å²) in [7, 11) is 0. The number of hydrogen-bond donors (Lipinski definition) is 0. The molecule has 1 saturated carbocycles. The van der Waals surface area contributed by atoms with Gasteiger partial charge in [-0.15, -0.1) is 0 Å². The second-order valence-electron chi connectivity index (χ2n) is 32.1. The van der Waals surface area contributed by atoms with E-state index in [-0.39, 0.29) is 0 Å². The van der Waals surface area contributed by atoms with Crippen molar-refractivity contribution in [1.29, 1.82) is 0 Å². The molecule has 2 atom stereocenters. The predicted octanol–water partition coefficient (Wildman–Crippen LogP) is 29.4. The van der Waals surface area contributed by atoms with Crippen molar-refractivity contribution in [3.05, 3.63) is 325 Å². The quantitative estimate of drug-likeness (QED) is 0.142. The van der Waals surface area contributed by atoms with E-state index in [1.54, 1.807) is 27.8 Å². The topological polar surface area (TPSA) is 0 Å². The summed E-state index contributed by atoms with van der Waals surface area (Å²) in [6, 6.07) is 57.1. The van der Waals surface area contributed by atoms with E-state index in [9.17, 15) is 0 Å². The molecule has 0 spiro atoms. The van der Waals surface area contributed by atoms with E-state index < -0.39 is 0 Å². The molecule has 548 valence electrons. The maximum Gasteiger partial charge on any atom is -0.0181 e. The van der Waals surface area contributed by atoms with E-state index in [1.165, 1.54) is 214 Å². The highest BCUT2D eigenvalue weighted by atomic mass is 14.2. The minimum atomic E-state index is 0.879. The Morgan fingerprint density at radius 3 is 0.863 bits per heavy atom. The molecule has 0 unspecified atom stereocenters. The van der Waals surface area contributed by atoms with Gasteiger partial charge in [0.25, 0.3) is 0 Å². The largest absolute Gasteiger partial charge is 0.0625 e. The lowest BCUT2D eigenvalue weighted by Crippen LogP contribution is -2.13. The number of aryl methyl sites for hydroxylation is 21. The summed E-state index contributed by atoms with van der Waals surface area (Å²) in [6.07, 6.45) is 13.8. The van der Waals surface area contributed by atoms with E-state index >= 15 is 0 Å². The Kier molecular flexibility index (Phi) is 36.5. The van der Waals surface area contributed by atoms with Crippen LogP contribution in [0.5, 0.6) is 0 Å². The highest BCUT2D eigenvalue weighted by Crippen LogP contribution is 2.32. The molecule has 0 bridgehead atoms. The van der Waals surface area contributed by atoms with E-state index in [0.717, 1.165) is 23.7 Å². The molecule has 0 heteroatoms. The highest BCUT2D eigenvalue weighted by Gasteiger charge is 2.19. The van der Waals surface area contributed by atoms with Gasteiger partial charge < -0.3 is 0 Å². The van der Waals surface area contributed by atoms with Crippen LogP contribution in [-0.4, -0.2) is 0 Å². The zero-order chi connectivity index (χ0) is 76.2. The number of hydrogen-bond acceptors (Lipinski definition) is 0. The van der Waals surface area contributed by atoms with E-state index in [0.29, 0.717) is 0 Å². The first-order chi connectivity index (χ1) is 47.9. The van der Waals surface area contributed by atoms with Crippen molar-refractivity contribution in [3.8, 4) is 0 Å². The molecular formula is C102H140. The van der Waals surface area contributed by atoms with Crippen molar-refractivity contribution < 1.29 is 0 Å². The first-order valence-corrected chi connectivity index (χ1v) is 38.8. The monoisotopic (exact) mass is 1370 g/mol. The Morgan fingerprint density at radius 2 is 0.480 bits per heavy atom. The minimum Gasteiger partial charge on any atom is -0.0625 e. The lowest BCUT2D eigenvalue weighted by Gasteiger charge is -2.25. The minimum absolute atomic E-state index is 0.879. The van der Waals surface area contributed by atoms with E-state index in [1.807, 2.05) is 0 Å². The van der Waals surface area contributed by atoms with Crippen LogP contribution in [0.4, 0.5) is 0 Å². The van der Waals surface area contributed by atoms with E-state index in [2.05, 4.69) is 365 Å². The number of rotatable bonds is 0. The highest BCUT2D eigenvalue weighted by molar-refractivity contribution is 5.83. The van der Waals surface area contributed by atoms with Gasteiger partial charge in [0, 0.05) is 0 Å². The molecule has 102 heavy (non-hydrogen) atoms. The lowest BCUT2D eigenvalue weighted by molar-refractivity contribution is 0.308. The number of fused-ring (bicyclic) bond motifs is 3. The smallest absolute Gasteiger partial charge is 0.0181 e. The Balaban J connectivity index is 0.000000241. The molecule has 13 rings (SSSR count). The van der Waals surface area contributed by atoms with Gasteiger partial charge in [0.1, 0.15) is 0 Å². The van der Waals surface area contributed by atoms with Crippen molar-refractivity contribution in [2.75, 3.05) is 0 Å². The third kappa shape index (κ3) is 30.0. The molecule has 1 fully saturated rings. The summed E-state index contributed by atoms with van der Waals surface area (Å²) < 4.78 is 0. The summed E-state index contributed by atoms with van der Waals surface area (Å²) in [5.74, 6) is 3.81. The van der Waals surface area contributed by atoms with Crippen LogP contribution >= 0.6 is 0 Å². The Hall–Kier alpha value is -7.54.